The fraction of sp³-hybridized carbons (Fsp3) is 0.609. The van der Waals surface area contributed by atoms with E-state index in [4.69, 9.17) is 9.47 Å². The van der Waals surface area contributed by atoms with E-state index in [9.17, 15) is 19.5 Å². The van der Waals surface area contributed by atoms with Crippen molar-refractivity contribution in [3.63, 3.8) is 0 Å². The van der Waals surface area contributed by atoms with E-state index in [1.54, 1.807) is 4.90 Å². The van der Waals surface area contributed by atoms with Gasteiger partial charge in [0, 0.05) is 26.2 Å². The molecule has 0 aliphatic carbocycles. The van der Waals surface area contributed by atoms with Gasteiger partial charge in [-0.25, -0.2) is 9.59 Å². The number of piperidine rings is 1. The topological polar surface area (TPSA) is 96.4 Å². The molecule has 1 N–H and O–H groups in total. The molecule has 2 saturated heterocycles. The lowest BCUT2D eigenvalue weighted by Crippen LogP contribution is -2.44. The SMILES string of the molecule is CC(C)(C)OC(=O)N1CCC([C@@H]2CN(C(=O)OCc3ccccc3)C[C@H]2C(=O)O)CC1. The monoisotopic (exact) mass is 432 g/mol. The number of hydrogen-bond acceptors (Lipinski definition) is 5. The largest absolute Gasteiger partial charge is 0.481 e. The molecule has 1 aromatic rings. The number of likely N-dealkylation sites (tertiary alicyclic amines) is 2. The van der Waals surface area contributed by atoms with E-state index in [-0.39, 0.29) is 31.1 Å². The van der Waals surface area contributed by atoms with Crippen molar-refractivity contribution in [2.45, 2.75) is 45.8 Å². The summed E-state index contributed by atoms with van der Waals surface area (Å²) >= 11 is 0. The summed E-state index contributed by atoms with van der Waals surface area (Å²) in [5.41, 5.74) is 0.338. The minimum absolute atomic E-state index is 0.131. The number of aliphatic carboxylic acids is 1. The Labute approximate surface area is 183 Å². The molecule has 0 unspecified atom stereocenters. The third-order valence-electron chi connectivity index (χ3n) is 5.94. The minimum atomic E-state index is -0.891. The zero-order valence-corrected chi connectivity index (χ0v) is 18.5. The Morgan fingerprint density at radius 1 is 1.00 bits per heavy atom. The number of carbonyl (C=O) groups is 3. The molecule has 2 fully saturated rings. The van der Waals surface area contributed by atoms with Gasteiger partial charge in [0.15, 0.2) is 0 Å². The second kappa shape index (κ2) is 9.58. The molecule has 2 heterocycles. The summed E-state index contributed by atoms with van der Waals surface area (Å²) in [4.78, 5) is 39.9. The van der Waals surface area contributed by atoms with Crippen LogP contribution >= 0.6 is 0 Å². The zero-order chi connectivity index (χ0) is 22.6. The van der Waals surface area contributed by atoms with Gasteiger partial charge in [-0.05, 0) is 51.0 Å². The standard InChI is InChI=1S/C23H32N2O6/c1-23(2,3)31-22(29)24-11-9-17(10-12-24)18-13-25(14-19(18)20(26)27)21(28)30-15-16-7-5-4-6-8-16/h4-8,17-19H,9-15H2,1-3H3,(H,26,27)/t18-,19+/m0/s1. The molecule has 2 amide bonds. The number of carbonyl (C=O) groups excluding carboxylic acids is 2. The molecule has 0 radical (unpaired) electrons. The molecule has 1 aromatic carbocycles. The van der Waals surface area contributed by atoms with Crippen LogP contribution in [0.2, 0.25) is 0 Å². The number of nitrogens with zero attached hydrogens (tertiary/aromatic N) is 2. The van der Waals surface area contributed by atoms with Crippen LogP contribution in [0.15, 0.2) is 30.3 Å². The third kappa shape index (κ3) is 6.12. The van der Waals surface area contributed by atoms with Gasteiger partial charge in [-0.3, -0.25) is 4.79 Å². The normalized spacial score (nSPS) is 22.3. The van der Waals surface area contributed by atoms with E-state index >= 15 is 0 Å². The minimum Gasteiger partial charge on any atom is -0.481 e. The Morgan fingerprint density at radius 3 is 2.23 bits per heavy atom. The average molecular weight is 433 g/mol. The molecule has 2 aliphatic rings. The first-order chi connectivity index (χ1) is 14.6. The first kappa shape index (κ1) is 22.9. The molecule has 0 saturated carbocycles. The second-order valence-electron chi connectivity index (χ2n) is 9.36. The maximum atomic E-state index is 12.5. The van der Waals surface area contributed by atoms with Gasteiger partial charge >= 0.3 is 18.2 Å². The Kier molecular flexibility index (Phi) is 7.08. The van der Waals surface area contributed by atoms with Crippen LogP contribution in [0.3, 0.4) is 0 Å². The summed E-state index contributed by atoms with van der Waals surface area (Å²) in [5.74, 6) is -1.53. The molecule has 8 nitrogen and oxygen atoms in total. The van der Waals surface area contributed by atoms with Crippen molar-refractivity contribution >= 4 is 18.2 Å². The van der Waals surface area contributed by atoms with Crippen molar-refractivity contribution in [1.82, 2.24) is 9.80 Å². The molecule has 3 rings (SSSR count). The number of hydrogen-bond donors (Lipinski definition) is 1. The summed E-state index contributed by atoms with van der Waals surface area (Å²) < 4.78 is 10.8. The smallest absolute Gasteiger partial charge is 0.410 e. The lowest BCUT2D eigenvalue weighted by Gasteiger charge is -2.36. The maximum absolute atomic E-state index is 12.5. The van der Waals surface area contributed by atoms with Crippen LogP contribution in [0, 0.1) is 17.8 Å². The number of rotatable bonds is 4. The molecule has 8 heteroatoms. The van der Waals surface area contributed by atoms with E-state index in [0.29, 0.717) is 32.5 Å². The van der Waals surface area contributed by atoms with Crippen LogP contribution in [-0.2, 0) is 20.9 Å². The summed E-state index contributed by atoms with van der Waals surface area (Å²) in [6.45, 7) is 7.23. The van der Waals surface area contributed by atoms with Crippen molar-refractivity contribution in [3.8, 4) is 0 Å². The van der Waals surface area contributed by atoms with Crippen molar-refractivity contribution in [1.29, 1.82) is 0 Å². The molecule has 31 heavy (non-hydrogen) atoms. The van der Waals surface area contributed by atoms with E-state index in [2.05, 4.69) is 0 Å². The lowest BCUT2D eigenvalue weighted by molar-refractivity contribution is -0.143. The summed E-state index contributed by atoms with van der Waals surface area (Å²) in [5, 5.41) is 9.73. The number of carboxylic acids is 1. The molecular formula is C23H32N2O6. The van der Waals surface area contributed by atoms with Crippen LogP contribution in [0.25, 0.3) is 0 Å². The van der Waals surface area contributed by atoms with Crippen LogP contribution < -0.4 is 0 Å². The van der Waals surface area contributed by atoms with Crippen LogP contribution in [0.5, 0.6) is 0 Å². The molecule has 0 spiro atoms. The Balaban J connectivity index is 1.55. The average Bonchev–Trinajstić information content (AvgIpc) is 3.17. The molecule has 0 aromatic heterocycles. The molecule has 2 atom stereocenters. The highest BCUT2D eigenvalue weighted by Crippen LogP contribution is 2.36. The van der Waals surface area contributed by atoms with Crippen LogP contribution in [0.4, 0.5) is 9.59 Å². The number of ether oxygens (including phenoxy) is 2. The van der Waals surface area contributed by atoms with Gasteiger partial charge in [0.05, 0.1) is 5.92 Å². The molecular weight excluding hydrogens is 400 g/mol. The highest BCUT2D eigenvalue weighted by Gasteiger charge is 2.45. The number of carboxylic acid groups (broad SMARTS) is 1. The number of amides is 2. The first-order valence-corrected chi connectivity index (χ1v) is 10.8. The summed E-state index contributed by atoms with van der Waals surface area (Å²) in [6.07, 6.45) is 0.573. The van der Waals surface area contributed by atoms with Crippen LogP contribution in [-0.4, -0.2) is 64.8 Å². The first-order valence-electron chi connectivity index (χ1n) is 10.8. The van der Waals surface area contributed by atoms with Gasteiger partial charge in [0.2, 0.25) is 0 Å². The highest BCUT2D eigenvalue weighted by molar-refractivity contribution is 5.74. The van der Waals surface area contributed by atoms with Crippen LogP contribution in [0.1, 0.15) is 39.2 Å². The third-order valence-corrected chi connectivity index (χ3v) is 5.94. The van der Waals surface area contributed by atoms with E-state index < -0.39 is 23.6 Å². The summed E-state index contributed by atoms with van der Waals surface area (Å²) in [7, 11) is 0. The highest BCUT2D eigenvalue weighted by atomic mass is 16.6. The summed E-state index contributed by atoms with van der Waals surface area (Å²) in [6, 6.07) is 9.39. The fourth-order valence-corrected chi connectivity index (χ4v) is 4.36. The van der Waals surface area contributed by atoms with E-state index in [1.807, 2.05) is 51.1 Å². The van der Waals surface area contributed by atoms with Gasteiger partial charge in [-0.2, -0.15) is 0 Å². The van der Waals surface area contributed by atoms with Gasteiger partial charge in [0.25, 0.3) is 0 Å². The second-order valence-corrected chi connectivity index (χ2v) is 9.36. The van der Waals surface area contributed by atoms with Gasteiger partial charge < -0.3 is 24.4 Å². The van der Waals surface area contributed by atoms with Crippen molar-refractivity contribution < 1.29 is 29.0 Å². The van der Waals surface area contributed by atoms with Crippen molar-refractivity contribution in [2.24, 2.45) is 17.8 Å². The predicted molar refractivity (Wildman–Crippen MR) is 113 cm³/mol. The van der Waals surface area contributed by atoms with Gasteiger partial charge in [-0.1, -0.05) is 30.3 Å². The van der Waals surface area contributed by atoms with E-state index in [1.165, 1.54) is 4.90 Å². The molecule has 0 bridgehead atoms. The van der Waals surface area contributed by atoms with Gasteiger partial charge in [0.1, 0.15) is 12.2 Å². The molecule has 170 valence electrons. The maximum Gasteiger partial charge on any atom is 0.410 e. The zero-order valence-electron chi connectivity index (χ0n) is 18.5. The van der Waals surface area contributed by atoms with E-state index in [0.717, 1.165) is 5.56 Å². The van der Waals surface area contributed by atoms with Crippen molar-refractivity contribution in [3.05, 3.63) is 35.9 Å². The Hall–Kier alpha value is -2.77. The number of benzene rings is 1. The van der Waals surface area contributed by atoms with Gasteiger partial charge in [-0.15, -0.1) is 0 Å². The quantitative estimate of drug-likeness (QED) is 0.781. The lowest BCUT2D eigenvalue weighted by atomic mass is 9.78. The predicted octanol–water partition coefficient (Wildman–Crippen LogP) is 3.60. The fourth-order valence-electron chi connectivity index (χ4n) is 4.36. The Bertz CT molecular complexity index is 783. The Morgan fingerprint density at radius 2 is 1.65 bits per heavy atom. The molecule has 2 aliphatic heterocycles. The van der Waals surface area contributed by atoms with Crippen molar-refractivity contribution in [2.75, 3.05) is 26.2 Å².